The molecule has 1 aromatic carbocycles. The molecule has 3 nitrogen and oxygen atoms in total. The lowest BCUT2D eigenvalue weighted by Gasteiger charge is -2.38. The van der Waals surface area contributed by atoms with Gasteiger partial charge in [0.15, 0.2) is 0 Å². The van der Waals surface area contributed by atoms with Crippen molar-refractivity contribution < 1.29 is 9.90 Å². The molecule has 0 bridgehead atoms. The van der Waals surface area contributed by atoms with Crippen molar-refractivity contribution in [2.45, 2.75) is 32.7 Å². The summed E-state index contributed by atoms with van der Waals surface area (Å²) in [6.45, 7) is 4.50. The number of halogens is 1. The predicted octanol–water partition coefficient (Wildman–Crippen LogP) is 3.42. The van der Waals surface area contributed by atoms with Crippen LogP contribution < -0.4 is 0 Å². The highest BCUT2D eigenvalue weighted by atomic mass is 35.5. The van der Waals surface area contributed by atoms with E-state index in [-0.39, 0.29) is 0 Å². The first-order valence-electron chi connectivity index (χ1n) is 6.76. The van der Waals surface area contributed by atoms with Crippen molar-refractivity contribution in [1.29, 1.82) is 0 Å². The molecule has 0 unspecified atom stereocenters. The fraction of sp³-hybridized carbons (Fsp3) is 0.533. The van der Waals surface area contributed by atoms with Gasteiger partial charge in [-0.05, 0) is 50.0 Å². The second-order valence-electron chi connectivity index (χ2n) is 5.35. The topological polar surface area (TPSA) is 40.5 Å². The van der Waals surface area contributed by atoms with Crippen LogP contribution in [-0.2, 0) is 11.3 Å². The Hall–Kier alpha value is -1.06. The third kappa shape index (κ3) is 3.28. The lowest BCUT2D eigenvalue weighted by molar-refractivity contribution is -0.152. The highest BCUT2D eigenvalue weighted by Gasteiger charge is 2.39. The average molecular weight is 282 g/mol. The molecular weight excluding hydrogens is 262 g/mol. The van der Waals surface area contributed by atoms with Crippen molar-refractivity contribution in [1.82, 2.24) is 4.90 Å². The smallest absolute Gasteiger partial charge is 0.309 e. The Kier molecular flexibility index (Phi) is 4.48. The molecule has 0 radical (unpaired) electrons. The summed E-state index contributed by atoms with van der Waals surface area (Å²) < 4.78 is 0. The maximum Gasteiger partial charge on any atom is 0.309 e. The van der Waals surface area contributed by atoms with Crippen LogP contribution in [0, 0.1) is 5.41 Å². The summed E-state index contributed by atoms with van der Waals surface area (Å²) in [6, 6.07) is 7.86. The number of hydrogen-bond acceptors (Lipinski definition) is 2. The van der Waals surface area contributed by atoms with Crippen LogP contribution in [0.3, 0.4) is 0 Å². The molecule has 0 aliphatic carbocycles. The maximum absolute atomic E-state index is 11.4. The number of carboxylic acids is 1. The van der Waals surface area contributed by atoms with E-state index in [0.29, 0.717) is 6.42 Å². The normalized spacial score (nSPS) is 19.3. The van der Waals surface area contributed by atoms with Gasteiger partial charge < -0.3 is 5.11 Å². The van der Waals surface area contributed by atoms with E-state index >= 15 is 0 Å². The zero-order chi connectivity index (χ0) is 13.9. The summed E-state index contributed by atoms with van der Waals surface area (Å²) in [7, 11) is 0. The van der Waals surface area contributed by atoms with E-state index in [4.69, 9.17) is 11.6 Å². The fourth-order valence-corrected chi connectivity index (χ4v) is 2.96. The van der Waals surface area contributed by atoms with Gasteiger partial charge in [0, 0.05) is 11.6 Å². The van der Waals surface area contributed by atoms with E-state index in [0.717, 1.165) is 37.5 Å². The maximum atomic E-state index is 11.4. The van der Waals surface area contributed by atoms with Crippen LogP contribution in [0.1, 0.15) is 31.7 Å². The summed E-state index contributed by atoms with van der Waals surface area (Å²) in [5.74, 6) is -0.641. The Morgan fingerprint density at radius 3 is 2.63 bits per heavy atom. The molecule has 1 heterocycles. The second-order valence-corrected chi connectivity index (χ2v) is 5.78. The number of carbonyl (C=O) groups is 1. The van der Waals surface area contributed by atoms with Crippen LogP contribution in [0.15, 0.2) is 24.3 Å². The van der Waals surface area contributed by atoms with Crippen LogP contribution in [-0.4, -0.2) is 29.1 Å². The zero-order valence-electron chi connectivity index (χ0n) is 11.2. The second kappa shape index (κ2) is 5.93. The first kappa shape index (κ1) is 14.4. The van der Waals surface area contributed by atoms with Crippen molar-refractivity contribution in [3.63, 3.8) is 0 Å². The number of aliphatic carboxylic acids is 1. The molecular formula is C15H20ClNO2. The molecule has 1 aromatic rings. The predicted molar refractivity (Wildman–Crippen MR) is 76.3 cm³/mol. The Balaban J connectivity index is 1.95. The highest BCUT2D eigenvalue weighted by Crippen LogP contribution is 2.35. The molecule has 0 spiro atoms. The monoisotopic (exact) mass is 281 g/mol. The van der Waals surface area contributed by atoms with E-state index in [1.807, 2.05) is 25.1 Å². The molecule has 1 aliphatic rings. The lowest BCUT2D eigenvalue weighted by atomic mass is 9.76. The summed E-state index contributed by atoms with van der Waals surface area (Å²) in [4.78, 5) is 13.7. The van der Waals surface area contributed by atoms with Crippen LogP contribution in [0.5, 0.6) is 0 Å². The minimum absolute atomic E-state index is 0.509. The number of piperidine rings is 1. The van der Waals surface area contributed by atoms with Gasteiger partial charge in [0.2, 0.25) is 0 Å². The number of rotatable bonds is 4. The van der Waals surface area contributed by atoms with Gasteiger partial charge in [-0.15, -0.1) is 0 Å². The van der Waals surface area contributed by atoms with Crippen molar-refractivity contribution in [2.24, 2.45) is 5.41 Å². The third-order valence-corrected chi connectivity index (χ3v) is 4.47. The molecule has 0 amide bonds. The van der Waals surface area contributed by atoms with Gasteiger partial charge >= 0.3 is 5.97 Å². The average Bonchev–Trinajstić information content (AvgIpc) is 2.39. The SMILES string of the molecule is CCC1(C(=O)O)CCN(Cc2cccc(Cl)c2)CC1. The van der Waals surface area contributed by atoms with E-state index in [1.165, 1.54) is 5.56 Å². The van der Waals surface area contributed by atoms with Gasteiger partial charge in [-0.3, -0.25) is 9.69 Å². The molecule has 0 atom stereocenters. The number of benzene rings is 1. The third-order valence-electron chi connectivity index (χ3n) is 4.24. The molecule has 4 heteroatoms. The summed E-state index contributed by atoms with van der Waals surface area (Å²) in [5, 5.41) is 10.1. The molecule has 0 aromatic heterocycles. The Morgan fingerprint density at radius 1 is 1.42 bits per heavy atom. The first-order valence-corrected chi connectivity index (χ1v) is 7.14. The lowest BCUT2D eigenvalue weighted by Crippen LogP contribution is -2.43. The van der Waals surface area contributed by atoms with Gasteiger partial charge in [-0.1, -0.05) is 30.7 Å². The fourth-order valence-electron chi connectivity index (χ4n) is 2.75. The van der Waals surface area contributed by atoms with Crippen LogP contribution in [0.4, 0.5) is 0 Å². The van der Waals surface area contributed by atoms with Gasteiger partial charge in [0.25, 0.3) is 0 Å². The van der Waals surface area contributed by atoms with Crippen LogP contribution in [0.2, 0.25) is 5.02 Å². The van der Waals surface area contributed by atoms with Gasteiger partial charge in [0.1, 0.15) is 0 Å². The standard InChI is InChI=1S/C15H20ClNO2/c1-2-15(14(18)19)6-8-17(9-7-15)11-12-4-3-5-13(16)10-12/h3-5,10H,2,6-9,11H2,1H3,(H,18,19). The molecule has 1 fully saturated rings. The first-order chi connectivity index (χ1) is 9.05. The van der Waals surface area contributed by atoms with Crippen molar-refractivity contribution in [3.8, 4) is 0 Å². The van der Waals surface area contributed by atoms with E-state index in [1.54, 1.807) is 0 Å². The van der Waals surface area contributed by atoms with Gasteiger partial charge in [-0.25, -0.2) is 0 Å². The zero-order valence-corrected chi connectivity index (χ0v) is 12.0. The number of likely N-dealkylation sites (tertiary alicyclic amines) is 1. The van der Waals surface area contributed by atoms with Gasteiger partial charge in [-0.2, -0.15) is 0 Å². The minimum atomic E-state index is -0.641. The largest absolute Gasteiger partial charge is 0.481 e. The highest BCUT2D eigenvalue weighted by molar-refractivity contribution is 6.30. The molecule has 19 heavy (non-hydrogen) atoms. The van der Waals surface area contributed by atoms with Crippen LogP contribution in [0.25, 0.3) is 0 Å². The van der Waals surface area contributed by atoms with Crippen molar-refractivity contribution in [3.05, 3.63) is 34.9 Å². The number of nitrogens with zero attached hydrogens (tertiary/aromatic N) is 1. The molecule has 0 saturated carbocycles. The molecule has 104 valence electrons. The summed E-state index contributed by atoms with van der Waals surface area (Å²) in [5.41, 5.74) is 0.678. The number of hydrogen-bond donors (Lipinski definition) is 1. The Morgan fingerprint density at radius 2 is 2.11 bits per heavy atom. The van der Waals surface area contributed by atoms with E-state index < -0.39 is 11.4 Å². The molecule has 1 N–H and O–H groups in total. The molecule has 2 rings (SSSR count). The van der Waals surface area contributed by atoms with Crippen molar-refractivity contribution in [2.75, 3.05) is 13.1 Å². The van der Waals surface area contributed by atoms with Crippen LogP contribution >= 0.6 is 11.6 Å². The molecule has 1 saturated heterocycles. The summed E-state index contributed by atoms with van der Waals surface area (Å²) in [6.07, 6.45) is 2.19. The Bertz CT molecular complexity index is 453. The van der Waals surface area contributed by atoms with E-state index in [9.17, 15) is 9.90 Å². The summed E-state index contributed by atoms with van der Waals surface area (Å²) >= 11 is 5.98. The van der Waals surface area contributed by atoms with Gasteiger partial charge in [0.05, 0.1) is 5.41 Å². The minimum Gasteiger partial charge on any atom is -0.481 e. The quantitative estimate of drug-likeness (QED) is 0.919. The van der Waals surface area contributed by atoms with Crippen molar-refractivity contribution >= 4 is 17.6 Å². The number of carboxylic acid groups (broad SMARTS) is 1. The molecule has 1 aliphatic heterocycles. The van der Waals surface area contributed by atoms with E-state index in [2.05, 4.69) is 11.0 Å². The Labute approximate surface area is 119 Å².